The Morgan fingerprint density at radius 2 is 0.833 bits per heavy atom. The highest BCUT2D eigenvalue weighted by atomic mass is 16.1. The van der Waals surface area contributed by atoms with Gasteiger partial charge in [0.25, 0.3) is 0 Å². The van der Waals surface area contributed by atoms with Crippen LogP contribution in [0.25, 0.3) is 0 Å². The third-order valence-corrected chi connectivity index (χ3v) is 8.35. The van der Waals surface area contributed by atoms with E-state index in [4.69, 9.17) is 0 Å². The predicted molar refractivity (Wildman–Crippen MR) is 182 cm³/mol. The summed E-state index contributed by atoms with van der Waals surface area (Å²) in [7, 11) is 0. The number of carbonyl (C=O) groups excluding carboxylic acids is 2. The van der Waals surface area contributed by atoms with Gasteiger partial charge in [-0.05, 0) is 87.5 Å². The molecule has 42 heavy (non-hydrogen) atoms. The van der Waals surface area contributed by atoms with Crippen LogP contribution in [0.3, 0.4) is 0 Å². The lowest BCUT2D eigenvalue weighted by molar-refractivity contribution is -0.117. The fourth-order valence-electron chi connectivity index (χ4n) is 5.28. The minimum Gasteiger partial charge on any atom is -0.295 e. The zero-order valence-electron chi connectivity index (χ0n) is 27.7. The smallest absolute Gasteiger partial charge is 0.158 e. The first kappa shape index (κ1) is 34.7. The molecule has 224 valence electrons. The van der Waals surface area contributed by atoms with E-state index in [-0.39, 0.29) is 22.4 Å². The number of rotatable bonds is 10. The average molecular weight is 565 g/mol. The van der Waals surface area contributed by atoms with Gasteiger partial charge < -0.3 is 0 Å². The molecule has 0 atom stereocenters. The average Bonchev–Trinajstić information content (AvgIpc) is 2.91. The molecule has 2 aliphatic carbocycles. The van der Waals surface area contributed by atoms with E-state index in [1.165, 1.54) is 0 Å². The molecule has 0 saturated carbocycles. The van der Waals surface area contributed by atoms with Crippen molar-refractivity contribution in [2.45, 2.75) is 94.9 Å². The van der Waals surface area contributed by atoms with Crippen molar-refractivity contribution in [3.8, 4) is 0 Å². The van der Waals surface area contributed by atoms with Crippen LogP contribution in [0.15, 0.2) is 130 Å². The fraction of sp³-hybridized carbons (Fsp3) is 0.400. The SMILES string of the molecule is CC1=C(/C=C/C(C)=C\C=C\C(C)=C\C=C\C=C(C)/C=C/C=C(C)/C=C/C2=C(C)C(=O)CCC2(C)C)C(C)(C)CCC1=O. The molecular weight excluding hydrogens is 512 g/mol. The van der Waals surface area contributed by atoms with Crippen LogP contribution in [0.4, 0.5) is 0 Å². The third kappa shape index (κ3) is 10.7. The lowest BCUT2D eigenvalue weighted by Crippen LogP contribution is -2.24. The first-order valence-corrected chi connectivity index (χ1v) is 15.2. The maximum absolute atomic E-state index is 12.2. The van der Waals surface area contributed by atoms with Gasteiger partial charge in [-0.15, -0.1) is 0 Å². The number of Topliss-reactive ketones (excluding diaryl/α,β-unsaturated/α-hetero) is 2. The Bertz CT molecular complexity index is 1270. The molecule has 0 aromatic heterocycles. The molecule has 0 saturated heterocycles. The van der Waals surface area contributed by atoms with Gasteiger partial charge in [0.2, 0.25) is 0 Å². The van der Waals surface area contributed by atoms with Crippen molar-refractivity contribution in [3.63, 3.8) is 0 Å². The van der Waals surface area contributed by atoms with Gasteiger partial charge in [-0.1, -0.05) is 135 Å². The van der Waals surface area contributed by atoms with E-state index < -0.39 is 0 Å². The number of ketones is 2. The van der Waals surface area contributed by atoms with Crippen LogP contribution in [0.2, 0.25) is 0 Å². The van der Waals surface area contributed by atoms with E-state index in [0.29, 0.717) is 12.8 Å². The zero-order chi connectivity index (χ0) is 31.5. The molecule has 2 nitrogen and oxygen atoms in total. The Labute approximate surface area is 256 Å². The lowest BCUT2D eigenvalue weighted by atomic mass is 9.72. The van der Waals surface area contributed by atoms with Gasteiger partial charge in [0.05, 0.1) is 0 Å². The van der Waals surface area contributed by atoms with E-state index in [0.717, 1.165) is 57.4 Å². The highest BCUT2D eigenvalue weighted by molar-refractivity contribution is 5.97. The van der Waals surface area contributed by atoms with E-state index in [1.54, 1.807) is 0 Å². The minimum absolute atomic E-state index is 0.0404. The molecule has 0 unspecified atom stereocenters. The van der Waals surface area contributed by atoms with Crippen LogP contribution in [-0.2, 0) is 9.59 Å². The number of allylic oxidation sites excluding steroid dienone is 22. The third-order valence-electron chi connectivity index (χ3n) is 8.35. The van der Waals surface area contributed by atoms with Crippen molar-refractivity contribution < 1.29 is 9.59 Å². The highest BCUT2D eigenvalue weighted by Gasteiger charge is 2.31. The van der Waals surface area contributed by atoms with Crippen LogP contribution in [-0.4, -0.2) is 11.6 Å². The molecule has 0 aromatic carbocycles. The molecule has 0 radical (unpaired) electrons. The summed E-state index contributed by atoms with van der Waals surface area (Å²) in [5, 5.41) is 0. The molecule has 0 spiro atoms. The van der Waals surface area contributed by atoms with Crippen molar-refractivity contribution in [3.05, 3.63) is 130 Å². The summed E-state index contributed by atoms with van der Waals surface area (Å²) in [6, 6.07) is 0. The first-order chi connectivity index (χ1) is 19.6. The predicted octanol–water partition coefficient (Wildman–Crippen LogP) is 11.0. The first-order valence-electron chi connectivity index (χ1n) is 15.2. The van der Waals surface area contributed by atoms with Gasteiger partial charge in [0.1, 0.15) is 0 Å². The molecule has 2 aliphatic rings. The summed E-state index contributed by atoms with van der Waals surface area (Å²) in [5.41, 5.74) is 8.82. The van der Waals surface area contributed by atoms with E-state index in [1.807, 2.05) is 13.8 Å². The van der Waals surface area contributed by atoms with Gasteiger partial charge in [0.15, 0.2) is 11.6 Å². The van der Waals surface area contributed by atoms with Crippen LogP contribution in [0.1, 0.15) is 94.9 Å². The monoisotopic (exact) mass is 564 g/mol. The van der Waals surface area contributed by atoms with E-state index in [2.05, 4.69) is 140 Å². The number of hydrogen-bond acceptors (Lipinski definition) is 2. The highest BCUT2D eigenvalue weighted by Crippen LogP contribution is 2.40. The minimum atomic E-state index is 0.0404. The summed E-state index contributed by atoms with van der Waals surface area (Å²) < 4.78 is 0. The van der Waals surface area contributed by atoms with Crippen LogP contribution >= 0.6 is 0 Å². The molecule has 0 bridgehead atoms. The second-order valence-electron chi connectivity index (χ2n) is 13.1. The van der Waals surface area contributed by atoms with Crippen molar-refractivity contribution >= 4 is 11.6 Å². The Balaban J connectivity index is 1.93. The molecule has 0 heterocycles. The quantitative estimate of drug-likeness (QED) is 0.247. The summed E-state index contributed by atoms with van der Waals surface area (Å²) in [4.78, 5) is 24.3. The Hall–Kier alpha value is -3.52. The summed E-state index contributed by atoms with van der Waals surface area (Å²) in [5.74, 6) is 0.542. The fourth-order valence-corrected chi connectivity index (χ4v) is 5.28. The Morgan fingerprint density at radius 1 is 0.524 bits per heavy atom. The maximum Gasteiger partial charge on any atom is 0.158 e. The molecule has 0 amide bonds. The summed E-state index contributed by atoms with van der Waals surface area (Å²) >= 11 is 0. The zero-order valence-corrected chi connectivity index (χ0v) is 27.7. The van der Waals surface area contributed by atoms with Crippen LogP contribution < -0.4 is 0 Å². The van der Waals surface area contributed by atoms with E-state index in [9.17, 15) is 9.59 Å². The van der Waals surface area contributed by atoms with Gasteiger partial charge in [-0.2, -0.15) is 0 Å². The van der Waals surface area contributed by atoms with Crippen molar-refractivity contribution in [1.29, 1.82) is 0 Å². The lowest BCUT2D eigenvalue weighted by Gasteiger charge is -2.32. The van der Waals surface area contributed by atoms with Gasteiger partial charge in [-0.3, -0.25) is 9.59 Å². The van der Waals surface area contributed by atoms with Gasteiger partial charge >= 0.3 is 0 Å². The van der Waals surface area contributed by atoms with Gasteiger partial charge in [-0.25, -0.2) is 0 Å². The molecule has 0 aliphatic heterocycles. The van der Waals surface area contributed by atoms with Crippen molar-refractivity contribution in [1.82, 2.24) is 0 Å². The molecule has 2 heteroatoms. The normalized spacial score (nSPS) is 21.6. The molecule has 0 fully saturated rings. The standard InChI is InChI=1S/C40H52O2/c1-29(17-13-19-31(3)21-23-35-33(5)37(41)25-27-39(35,7)8)15-11-12-16-30(2)18-14-20-32(4)22-24-36-34(6)38(42)26-28-40(36,9)10/h11-24H,25-28H2,1-10H3/b12-11+,17-13+,18-14+,23-21+,24-22+,29-15-,30-16+,31-19+,32-20-. The molecule has 0 N–H and O–H groups in total. The summed E-state index contributed by atoms with van der Waals surface area (Å²) in [6.07, 6.45) is 32.4. The number of hydrogen-bond donors (Lipinski definition) is 0. The Morgan fingerprint density at radius 3 is 1.19 bits per heavy atom. The molecule has 2 rings (SSSR count). The summed E-state index contributed by atoms with van der Waals surface area (Å²) in [6.45, 7) is 21.1. The van der Waals surface area contributed by atoms with Crippen LogP contribution in [0, 0.1) is 10.8 Å². The molecule has 0 aromatic rings. The van der Waals surface area contributed by atoms with Crippen LogP contribution in [0.5, 0.6) is 0 Å². The van der Waals surface area contributed by atoms with Gasteiger partial charge in [0, 0.05) is 12.8 Å². The second-order valence-corrected chi connectivity index (χ2v) is 13.1. The maximum atomic E-state index is 12.2. The topological polar surface area (TPSA) is 34.1 Å². The number of carbonyl (C=O) groups is 2. The molecular formula is C40H52O2. The second kappa shape index (κ2) is 15.6. The van der Waals surface area contributed by atoms with Crippen molar-refractivity contribution in [2.24, 2.45) is 10.8 Å². The largest absolute Gasteiger partial charge is 0.295 e. The van der Waals surface area contributed by atoms with Crippen molar-refractivity contribution in [2.75, 3.05) is 0 Å². The van der Waals surface area contributed by atoms with E-state index >= 15 is 0 Å². The Kier molecular flexibility index (Phi) is 12.9.